The van der Waals surface area contributed by atoms with Crippen LogP contribution in [-0.2, 0) is 4.79 Å². The maximum absolute atomic E-state index is 13.1. The molecule has 1 aliphatic heterocycles. The molecule has 0 saturated carbocycles. The normalized spacial score (nSPS) is 16.3. The van der Waals surface area contributed by atoms with Gasteiger partial charge in [0.15, 0.2) is 5.65 Å². The molecule has 1 aromatic carbocycles. The smallest absolute Gasteiger partial charge is 0.256 e. The second-order valence-corrected chi connectivity index (χ2v) is 8.33. The monoisotopic (exact) mass is 425 g/mol. The number of hydrogen-bond acceptors (Lipinski definition) is 6. The second kappa shape index (κ2) is 8.35. The molecule has 1 fully saturated rings. The summed E-state index contributed by atoms with van der Waals surface area (Å²) < 4.78 is 6.96. The first kappa shape index (κ1) is 20.2. The molecule has 1 atom stereocenters. The number of benzene rings is 1. The minimum Gasteiger partial charge on any atom is -0.497 e. The van der Waals surface area contributed by atoms with E-state index in [2.05, 4.69) is 15.4 Å². The third-order valence-corrected chi connectivity index (χ3v) is 5.99. The standard InChI is InChI=1S/C21H23N5O3S/c1-13(2)26-19-14(10-23-26)8-15(9-22-19)21(28)25-12-30-11-18(25)20(27)24-16-4-6-17(29-3)7-5-16/h4-10,13,18H,11-12H2,1-3H3,(H,24,27). The number of carbonyl (C=O) groups excluding carboxylic acids is 2. The Kier molecular flexibility index (Phi) is 5.63. The number of pyridine rings is 1. The number of nitrogens with one attached hydrogen (secondary N) is 1. The molecular formula is C21H23N5O3S. The third kappa shape index (κ3) is 3.85. The molecule has 2 amide bonds. The van der Waals surface area contributed by atoms with Crippen molar-refractivity contribution in [1.29, 1.82) is 0 Å². The molecule has 3 heterocycles. The highest BCUT2D eigenvalue weighted by Crippen LogP contribution is 2.26. The van der Waals surface area contributed by atoms with E-state index < -0.39 is 6.04 Å². The quantitative estimate of drug-likeness (QED) is 0.675. The van der Waals surface area contributed by atoms with Crippen molar-refractivity contribution in [1.82, 2.24) is 19.7 Å². The zero-order chi connectivity index (χ0) is 21.3. The zero-order valence-electron chi connectivity index (χ0n) is 17.0. The molecule has 0 radical (unpaired) electrons. The number of amides is 2. The maximum Gasteiger partial charge on any atom is 0.256 e. The molecule has 1 saturated heterocycles. The van der Waals surface area contributed by atoms with E-state index in [1.807, 2.05) is 18.5 Å². The fraction of sp³-hybridized carbons (Fsp3) is 0.333. The molecule has 30 heavy (non-hydrogen) atoms. The van der Waals surface area contributed by atoms with Crippen LogP contribution < -0.4 is 10.1 Å². The van der Waals surface area contributed by atoms with E-state index in [9.17, 15) is 9.59 Å². The lowest BCUT2D eigenvalue weighted by molar-refractivity contribution is -0.119. The van der Waals surface area contributed by atoms with Crippen molar-refractivity contribution in [2.24, 2.45) is 0 Å². The fourth-order valence-electron chi connectivity index (χ4n) is 3.36. The van der Waals surface area contributed by atoms with Crippen LogP contribution in [0.5, 0.6) is 5.75 Å². The van der Waals surface area contributed by atoms with Gasteiger partial charge in [-0.15, -0.1) is 11.8 Å². The van der Waals surface area contributed by atoms with Crippen LogP contribution in [0.25, 0.3) is 11.0 Å². The van der Waals surface area contributed by atoms with Gasteiger partial charge in [-0.2, -0.15) is 5.10 Å². The molecule has 4 rings (SSSR count). The number of carbonyl (C=O) groups is 2. The Morgan fingerprint density at radius 2 is 2.00 bits per heavy atom. The predicted octanol–water partition coefficient (Wildman–Crippen LogP) is 3.17. The van der Waals surface area contributed by atoms with Gasteiger partial charge in [0, 0.05) is 29.1 Å². The summed E-state index contributed by atoms with van der Waals surface area (Å²) in [5, 5.41) is 8.04. The molecule has 156 valence electrons. The molecule has 0 bridgehead atoms. The highest BCUT2D eigenvalue weighted by Gasteiger charge is 2.35. The molecule has 8 nitrogen and oxygen atoms in total. The fourth-order valence-corrected chi connectivity index (χ4v) is 4.51. The van der Waals surface area contributed by atoms with E-state index in [4.69, 9.17) is 4.74 Å². The van der Waals surface area contributed by atoms with E-state index in [0.717, 1.165) is 11.0 Å². The average molecular weight is 426 g/mol. The molecule has 9 heteroatoms. The largest absolute Gasteiger partial charge is 0.497 e. The van der Waals surface area contributed by atoms with Crippen LogP contribution in [0.4, 0.5) is 5.69 Å². The Morgan fingerprint density at radius 1 is 1.23 bits per heavy atom. The molecule has 1 unspecified atom stereocenters. The van der Waals surface area contributed by atoms with Gasteiger partial charge >= 0.3 is 0 Å². The van der Waals surface area contributed by atoms with Crippen LogP contribution in [-0.4, -0.2) is 56.3 Å². The van der Waals surface area contributed by atoms with Crippen LogP contribution in [0.3, 0.4) is 0 Å². The van der Waals surface area contributed by atoms with E-state index in [0.29, 0.717) is 28.6 Å². The highest BCUT2D eigenvalue weighted by atomic mass is 32.2. The minimum absolute atomic E-state index is 0.178. The number of rotatable bonds is 5. The summed E-state index contributed by atoms with van der Waals surface area (Å²) in [6.07, 6.45) is 3.28. The van der Waals surface area contributed by atoms with Crippen LogP contribution in [0.15, 0.2) is 42.7 Å². The van der Waals surface area contributed by atoms with Crippen LogP contribution >= 0.6 is 11.8 Å². The van der Waals surface area contributed by atoms with Crippen LogP contribution in [0, 0.1) is 0 Å². The van der Waals surface area contributed by atoms with E-state index in [1.54, 1.807) is 66.5 Å². The van der Waals surface area contributed by atoms with E-state index >= 15 is 0 Å². The van der Waals surface area contributed by atoms with E-state index in [1.165, 1.54) is 0 Å². The van der Waals surface area contributed by atoms with Gasteiger partial charge in [0.05, 0.1) is 24.7 Å². The molecular weight excluding hydrogens is 402 g/mol. The Labute approximate surface area is 178 Å². The van der Waals surface area contributed by atoms with Gasteiger partial charge in [0.2, 0.25) is 5.91 Å². The number of ether oxygens (including phenoxy) is 1. The van der Waals surface area contributed by atoms with Crippen molar-refractivity contribution in [2.45, 2.75) is 25.9 Å². The molecule has 0 aliphatic carbocycles. The Hall–Kier alpha value is -3.07. The maximum atomic E-state index is 13.1. The predicted molar refractivity (Wildman–Crippen MR) is 117 cm³/mol. The van der Waals surface area contributed by atoms with Crippen molar-refractivity contribution >= 4 is 40.3 Å². The lowest BCUT2D eigenvalue weighted by Crippen LogP contribution is -2.44. The topological polar surface area (TPSA) is 89.3 Å². The van der Waals surface area contributed by atoms with Crippen molar-refractivity contribution in [3.8, 4) is 5.75 Å². The number of fused-ring (bicyclic) bond motifs is 1. The van der Waals surface area contributed by atoms with Gasteiger partial charge in [-0.05, 0) is 44.2 Å². The number of aromatic nitrogens is 3. The Morgan fingerprint density at radius 3 is 2.70 bits per heavy atom. The summed E-state index contributed by atoms with van der Waals surface area (Å²) in [6.45, 7) is 4.06. The first-order valence-electron chi connectivity index (χ1n) is 9.65. The van der Waals surface area contributed by atoms with Crippen molar-refractivity contribution < 1.29 is 14.3 Å². The molecule has 1 N–H and O–H groups in total. The number of methoxy groups -OCH3 is 1. The number of anilines is 1. The van der Waals surface area contributed by atoms with Crippen molar-refractivity contribution in [3.63, 3.8) is 0 Å². The Bertz CT molecular complexity index is 1080. The molecule has 2 aromatic heterocycles. The highest BCUT2D eigenvalue weighted by molar-refractivity contribution is 7.99. The molecule has 0 spiro atoms. The summed E-state index contributed by atoms with van der Waals surface area (Å²) in [5.74, 6) is 1.31. The summed E-state index contributed by atoms with van der Waals surface area (Å²) >= 11 is 1.56. The lowest BCUT2D eigenvalue weighted by atomic mass is 10.2. The van der Waals surface area contributed by atoms with E-state index in [-0.39, 0.29) is 17.9 Å². The lowest BCUT2D eigenvalue weighted by Gasteiger charge is -2.23. The summed E-state index contributed by atoms with van der Waals surface area (Å²) in [5.41, 5.74) is 1.86. The average Bonchev–Trinajstić information content (AvgIpc) is 3.40. The summed E-state index contributed by atoms with van der Waals surface area (Å²) in [4.78, 5) is 32.0. The third-order valence-electron chi connectivity index (χ3n) is 4.97. The summed E-state index contributed by atoms with van der Waals surface area (Å²) in [7, 11) is 1.59. The Balaban J connectivity index is 1.51. The number of thioether (sulfide) groups is 1. The molecule has 1 aliphatic rings. The van der Waals surface area contributed by atoms with Gasteiger partial charge in [-0.1, -0.05) is 0 Å². The second-order valence-electron chi connectivity index (χ2n) is 7.33. The summed E-state index contributed by atoms with van der Waals surface area (Å²) in [6, 6.07) is 8.53. The molecule has 3 aromatic rings. The van der Waals surface area contributed by atoms with Gasteiger partial charge in [0.25, 0.3) is 5.91 Å². The van der Waals surface area contributed by atoms with Gasteiger partial charge in [0.1, 0.15) is 11.8 Å². The van der Waals surface area contributed by atoms with Crippen molar-refractivity contribution in [2.75, 3.05) is 24.1 Å². The number of nitrogens with zero attached hydrogens (tertiary/aromatic N) is 4. The minimum atomic E-state index is -0.543. The van der Waals surface area contributed by atoms with Crippen LogP contribution in [0.1, 0.15) is 30.2 Å². The first-order chi connectivity index (χ1) is 14.5. The van der Waals surface area contributed by atoms with Gasteiger partial charge in [-0.3, -0.25) is 9.59 Å². The van der Waals surface area contributed by atoms with Crippen molar-refractivity contribution in [3.05, 3.63) is 48.3 Å². The van der Waals surface area contributed by atoms with Gasteiger partial charge in [-0.25, -0.2) is 9.67 Å². The van der Waals surface area contributed by atoms with Crippen LogP contribution in [0.2, 0.25) is 0 Å². The zero-order valence-corrected chi connectivity index (χ0v) is 17.8. The SMILES string of the molecule is COc1ccc(NC(=O)C2CSCN2C(=O)c2cnc3c(cnn3C(C)C)c2)cc1. The van der Waals surface area contributed by atoms with Gasteiger partial charge < -0.3 is 15.0 Å². The number of hydrogen-bond donors (Lipinski definition) is 1. The first-order valence-corrected chi connectivity index (χ1v) is 10.8.